The summed E-state index contributed by atoms with van der Waals surface area (Å²) in [6.07, 6.45) is 1.86. The molecule has 1 saturated heterocycles. The Morgan fingerprint density at radius 3 is 2.65 bits per heavy atom. The number of methoxy groups -OCH3 is 1. The molecule has 4 nitrogen and oxygen atoms in total. The van der Waals surface area contributed by atoms with Gasteiger partial charge >= 0.3 is 0 Å². The first-order valence-electron chi connectivity index (χ1n) is 7.90. The Hall–Kier alpha value is -1.98. The highest BCUT2D eigenvalue weighted by Crippen LogP contribution is 2.34. The fourth-order valence-electron chi connectivity index (χ4n) is 3.04. The van der Waals surface area contributed by atoms with Gasteiger partial charge in [-0.15, -0.1) is 0 Å². The second-order valence-electron chi connectivity index (χ2n) is 5.84. The zero-order chi connectivity index (χ0) is 16.2. The normalized spacial score (nSPS) is 17.0. The quantitative estimate of drug-likeness (QED) is 0.941. The van der Waals surface area contributed by atoms with Crippen LogP contribution in [0.15, 0.2) is 36.5 Å². The Balaban J connectivity index is 2.07. The summed E-state index contributed by atoms with van der Waals surface area (Å²) in [5.74, 6) is 0.436. The Bertz CT molecular complexity index is 654. The van der Waals surface area contributed by atoms with Crippen molar-refractivity contribution in [3.8, 4) is 5.75 Å². The molecule has 1 atom stereocenters. The van der Waals surface area contributed by atoms with Gasteiger partial charge in [0.25, 0.3) is 0 Å². The number of pyridine rings is 1. The van der Waals surface area contributed by atoms with E-state index in [2.05, 4.69) is 15.2 Å². The zero-order valence-electron chi connectivity index (χ0n) is 13.6. The topological polar surface area (TPSA) is 37.4 Å². The zero-order valence-corrected chi connectivity index (χ0v) is 13.6. The van der Waals surface area contributed by atoms with E-state index in [-0.39, 0.29) is 11.9 Å². The predicted octanol–water partition coefficient (Wildman–Crippen LogP) is 2.53. The van der Waals surface area contributed by atoms with E-state index in [0.717, 1.165) is 43.0 Å². The molecule has 3 rings (SSSR count). The molecular formula is C18H22FN3O. The van der Waals surface area contributed by atoms with Gasteiger partial charge < -0.3 is 10.1 Å². The molecule has 2 heterocycles. The summed E-state index contributed by atoms with van der Waals surface area (Å²) in [6.45, 7) is 5.62. The molecule has 0 spiro atoms. The lowest BCUT2D eigenvalue weighted by atomic mass is 9.99. The van der Waals surface area contributed by atoms with E-state index in [0.29, 0.717) is 5.75 Å². The monoisotopic (exact) mass is 315 g/mol. The number of halogens is 1. The highest BCUT2D eigenvalue weighted by molar-refractivity contribution is 5.41. The molecule has 1 aliphatic rings. The van der Waals surface area contributed by atoms with Gasteiger partial charge in [-0.05, 0) is 36.8 Å². The van der Waals surface area contributed by atoms with Crippen LogP contribution in [-0.4, -0.2) is 43.2 Å². The van der Waals surface area contributed by atoms with E-state index in [1.165, 1.54) is 6.07 Å². The Morgan fingerprint density at radius 1 is 1.22 bits per heavy atom. The summed E-state index contributed by atoms with van der Waals surface area (Å²) < 4.78 is 19.4. The van der Waals surface area contributed by atoms with Crippen LogP contribution in [-0.2, 0) is 0 Å². The highest BCUT2D eigenvalue weighted by atomic mass is 19.1. The first-order valence-corrected chi connectivity index (χ1v) is 7.90. The molecule has 1 N–H and O–H groups in total. The third-order valence-electron chi connectivity index (χ3n) is 4.22. The molecule has 1 aliphatic heterocycles. The van der Waals surface area contributed by atoms with E-state index in [4.69, 9.17) is 4.74 Å². The van der Waals surface area contributed by atoms with Crippen LogP contribution >= 0.6 is 0 Å². The van der Waals surface area contributed by atoms with Gasteiger partial charge in [-0.1, -0.05) is 6.07 Å². The Labute approximate surface area is 136 Å². The largest absolute Gasteiger partial charge is 0.496 e. The van der Waals surface area contributed by atoms with Crippen molar-refractivity contribution in [3.63, 3.8) is 0 Å². The Morgan fingerprint density at radius 2 is 2.00 bits per heavy atom. The fraction of sp³-hybridized carbons (Fsp3) is 0.389. The molecule has 1 unspecified atom stereocenters. The minimum absolute atomic E-state index is 0.108. The first kappa shape index (κ1) is 15.9. The second-order valence-corrected chi connectivity index (χ2v) is 5.84. The van der Waals surface area contributed by atoms with Gasteiger partial charge in [0.15, 0.2) is 0 Å². The number of rotatable bonds is 4. The van der Waals surface area contributed by atoms with Crippen molar-refractivity contribution >= 4 is 0 Å². The van der Waals surface area contributed by atoms with Crippen molar-refractivity contribution in [2.45, 2.75) is 13.0 Å². The number of benzene rings is 1. The minimum atomic E-state index is -0.256. The molecule has 23 heavy (non-hydrogen) atoms. The average Bonchev–Trinajstić information content (AvgIpc) is 2.58. The molecular weight excluding hydrogens is 293 g/mol. The van der Waals surface area contributed by atoms with Gasteiger partial charge in [0.05, 0.1) is 18.8 Å². The second kappa shape index (κ2) is 7.06. The summed E-state index contributed by atoms with van der Waals surface area (Å²) in [5.41, 5.74) is 2.85. The molecule has 2 aromatic rings. The van der Waals surface area contributed by atoms with Gasteiger partial charge in [0.2, 0.25) is 0 Å². The van der Waals surface area contributed by atoms with E-state index >= 15 is 0 Å². The minimum Gasteiger partial charge on any atom is -0.496 e. The van der Waals surface area contributed by atoms with Crippen LogP contribution in [0.1, 0.15) is 22.9 Å². The van der Waals surface area contributed by atoms with Gasteiger partial charge in [-0.2, -0.15) is 0 Å². The first-order chi connectivity index (χ1) is 11.2. The lowest BCUT2D eigenvalue weighted by Gasteiger charge is -2.35. The molecule has 0 bridgehead atoms. The third-order valence-corrected chi connectivity index (χ3v) is 4.22. The van der Waals surface area contributed by atoms with Gasteiger partial charge in [0, 0.05) is 37.9 Å². The molecule has 1 aromatic carbocycles. The third kappa shape index (κ3) is 3.51. The van der Waals surface area contributed by atoms with E-state index in [9.17, 15) is 4.39 Å². The number of nitrogens with one attached hydrogen (secondary N) is 1. The molecule has 5 heteroatoms. The highest BCUT2D eigenvalue weighted by Gasteiger charge is 2.27. The molecule has 0 saturated carbocycles. The molecule has 0 amide bonds. The molecule has 122 valence electrons. The fourth-order valence-corrected chi connectivity index (χ4v) is 3.04. The van der Waals surface area contributed by atoms with Gasteiger partial charge in [0.1, 0.15) is 11.6 Å². The van der Waals surface area contributed by atoms with Gasteiger partial charge in [-0.3, -0.25) is 9.88 Å². The van der Waals surface area contributed by atoms with Crippen molar-refractivity contribution in [1.29, 1.82) is 0 Å². The maximum absolute atomic E-state index is 13.9. The molecule has 1 aromatic heterocycles. The summed E-state index contributed by atoms with van der Waals surface area (Å²) in [4.78, 5) is 6.92. The van der Waals surface area contributed by atoms with E-state index in [1.54, 1.807) is 19.2 Å². The lowest BCUT2D eigenvalue weighted by molar-refractivity contribution is 0.192. The number of hydrogen-bond donors (Lipinski definition) is 1. The number of piperazine rings is 1. The number of aromatic nitrogens is 1. The van der Waals surface area contributed by atoms with Crippen molar-refractivity contribution in [2.75, 3.05) is 33.3 Å². The number of ether oxygens (including phenoxy) is 1. The van der Waals surface area contributed by atoms with Crippen LogP contribution in [0, 0.1) is 12.7 Å². The summed E-state index contributed by atoms with van der Waals surface area (Å²) in [7, 11) is 1.62. The van der Waals surface area contributed by atoms with Crippen LogP contribution in [0.2, 0.25) is 0 Å². The van der Waals surface area contributed by atoms with E-state index in [1.807, 2.05) is 25.3 Å². The van der Waals surface area contributed by atoms with Crippen LogP contribution in [0.4, 0.5) is 4.39 Å². The maximum atomic E-state index is 13.9. The molecule has 0 aliphatic carbocycles. The van der Waals surface area contributed by atoms with Crippen molar-refractivity contribution in [3.05, 3.63) is 59.2 Å². The smallest absolute Gasteiger partial charge is 0.124 e. The van der Waals surface area contributed by atoms with Crippen LogP contribution in [0.25, 0.3) is 0 Å². The van der Waals surface area contributed by atoms with Crippen LogP contribution in [0.5, 0.6) is 5.75 Å². The van der Waals surface area contributed by atoms with Crippen LogP contribution in [0.3, 0.4) is 0 Å². The summed E-state index contributed by atoms with van der Waals surface area (Å²) in [6, 6.07) is 8.64. The van der Waals surface area contributed by atoms with Gasteiger partial charge in [-0.25, -0.2) is 4.39 Å². The van der Waals surface area contributed by atoms with Crippen molar-refractivity contribution in [2.24, 2.45) is 0 Å². The maximum Gasteiger partial charge on any atom is 0.124 e. The summed E-state index contributed by atoms with van der Waals surface area (Å²) >= 11 is 0. The van der Waals surface area contributed by atoms with Crippen molar-refractivity contribution < 1.29 is 9.13 Å². The molecule has 0 radical (unpaired) electrons. The number of hydrogen-bond acceptors (Lipinski definition) is 4. The van der Waals surface area contributed by atoms with Crippen molar-refractivity contribution in [1.82, 2.24) is 15.2 Å². The summed E-state index contributed by atoms with van der Waals surface area (Å²) in [5, 5.41) is 3.35. The number of aryl methyl sites for hydroxylation is 1. The average molecular weight is 315 g/mol. The van der Waals surface area contributed by atoms with E-state index < -0.39 is 0 Å². The lowest BCUT2D eigenvalue weighted by Crippen LogP contribution is -2.45. The predicted molar refractivity (Wildman–Crippen MR) is 88.2 cm³/mol. The Kier molecular flexibility index (Phi) is 4.88. The molecule has 1 fully saturated rings. The standard InChI is InChI=1S/C18H22FN3O/c1-13-3-5-16(21-12-13)18(22-9-7-20-8-10-22)15-11-14(19)4-6-17(15)23-2/h3-6,11-12,18,20H,7-10H2,1-2H3. The van der Waals surface area contributed by atoms with Crippen LogP contribution < -0.4 is 10.1 Å². The number of nitrogens with zero attached hydrogens (tertiary/aromatic N) is 2. The SMILES string of the molecule is COc1ccc(F)cc1C(c1ccc(C)cn1)N1CCNCC1.